The Balaban J connectivity index is 1.61. The maximum Gasteiger partial charge on any atom is 0.229 e. The molecule has 1 aromatic carbocycles. The normalized spacial score (nSPS) is 14.0. The lowest BCUT2D eigenvalue weighted by molar-refractivity contribution is 0.182. The zero-order valence-corrected chi connectivity index (χ0v) is 14.9. The number of hydrogen-bond donors (Lipinski definition) is 3. The van der Waals surface area contributed by atoms with Crippen molar-refractivity contribution >= 4 is 17.5 Å². The van der Waals surface area contributed by atoms with Crippen LogP contribution in [0.25, 0.3) is 0 Å². The molecule has 0 radical (unpaired) electrons. The van der Waals surface area contributed by atoms with Gasteiger partial charge in [-0.2, -0.15) is 4.98 Å². The number of rotatable bonds is 9. The van der Waals surface area contributed by atoms with E-state index in [1.54, 1.807) is 13.3 Å². The van der Waals surface area contributed by atoms with Crippen LogP contribution in [0.1, 0.15) is 12.0 Å². The summed E-state index contributed by atoms with van der Waals surface area (Å²) in [5.74, 6) is 2.22. The van der Waals surface area contributed by atoms with E-state index in [0.717, 1.165) is 42.5 Å². The zero-order valence-electron chi connectivity index (χ0n) is 14.9. The Kier molecular flexibility index (Phi) is 6.03. The first-order valence-corrected chi connectivity index (χ1v) is 8.66. The van der Waals surface area contributed by atoms with Gasteiger partial charge in [-0.05, 0) is 43.8 Å². The molecule has 3 rings (SSSR count). The molecular weight excluding hydrogens is 316 g/mol. The lowest BCUT2D eigenvalue weighted by Crippen LogP contribution is -2.41. The second-order valence-corrected chi connectivity index (χ2v) is 6.04. The summed E-state index contributed by atoms with van der Waals surface area (Å²) in [6, 6.07) is 7.84. The lowest BCUT2D eigenvalue weighted by Gasteiger charge is -2.30. The van der Waals surface area contributed by atoms with Crippen LogP contribution in [0.15, 0.2) is 30.5 Å². The van der Waals surface area contributed by atoms with E-state index in [-0.39, 0.29) is 0 Å². The standard InChI is InChI=1S/C18H26N6O/c1-19-17-6-7-21-18(23-17)22-15-4-5-16(25-2)14(12-15)13-20-8-11-24-9-3-10-24/h4-7,12,20H,3,8-11,13H2,1-2H3,(H2,19,21,22,23). The van der Waals surface area contributed by atoms with Gasteiger partial charge in [0.1, 0.15) is 11.6 Å². The van der Waals surface area contributed by atoms with Crippen LogP contribution in [-0.2, 0) is 6.54 Å². The summed E-state index contributed by atoms with van der Waals surface area (Å²) in [5, 5.41) is 9.75. The highest BCUT2D eigenvalue weighted by Crippen LogP contribution is 2.24. The van der Waals surface area contributed by atoms with Gasteiger partial charge < -0.3 is 25.6 Å². The Morgan fingerprint density at radius 2 is 2.12 bits per heavy atom. The highest BCUT2D eigenvalue weighted by atomic mass is 16.5. The summed E-state index contributed by atoms with van der Waals surface area (Å²) >= 11 is 0. The molecule has 2 heterocycles. The van der Waals surface area contributed by atoms with Crippen molar-refractivity contribution in [3.63, 3.8) is 0 Å². The van der Waals surface area contributed by atoms with Crippen molar-refractivity contribution in [2.45, 2.75) is 13.0 Å². The first kappa shape index (κ1) is 17.4. The Hall–Kier alpha value is -2.38. The van der Waals surface area contributed by atoms with Crippen molar-refractivity contribution in [3.8, 4) is 5.75 Å². The first-order valence-electron chi connectivity index (χ1n) is 8.66. The molecule has 1 fully saturated rings. The van der Waals surface area contributed by atoms with Crippen LogP contribution in [0.4, 0.5) is 17.5 Å². The quantitative estimate of drug-likeness (QED) is 0.602. The number of aromatic nitrogens is 2. The molecule has 0 atom stereocenters. The molecule has 0 unspecified atom stereocenters. The first-order chi connectivity index (χ1) is 12.3. The smallest absolute Gasteiger partial charge is 0.229 e. The fourth-order valence-corrected chi connectivity index (χ4v) is 2.75. The number of benzene rings is 1. The van der Waals surface area contributed by atoms with Gasteiger partial charge in [0.25, 0.3) is 0 Å². The van der Waals surface area contributed by atoms with Crippen molar-refractivity contribution in [3.05, 3.63) is 36.0 Å². The number of anilines is 3. The summed E-state index contributed by atoms with van der Waals surface area (Å²) < 4.78 is 5.48. The predicted molar refractivity (Wildman–Crippen MR) is 101 cm³/mol. The van der Waals surface area contributed by atoms with Crippen molar-refractivity contribution < 1.29 is 4.74 Å². The number of ether oxygens (including phenoxy) is 1. The van der Waals surface area contributed by atoms with Crippen LogP contribution in [0.2, 0.25) is 0 Å². The average molecular weight is 342 g/mol. The fourth-order valence-electron chi connectivity index (χ4n) is 2.75. The van der Waals surface area contributed by atoms with Gasteiger partial charge in [0.15, 0.2) is 0 Å². The number of nitrogens with zero attached hydrogens (tertiary/aromatic N) is 3. The predicted octanol–water partition coefficient (Wildman–Crippen LogP) is 2.07. The molecule has 0 bridgehead atoms. The van der Waals surface area contributed by atoms with Crippen LogP contribution in [0.3, 0.4) is 0 Å². The minimum atomic E-state index is 0.564. The van der Waals surface area contributed by atoms with Crippen molar-refractivity contribution in [1.29, 1.82) is 0 Å². The molecule has 1 aliphatic rings. The molecule has 134 valence electrons. The molecule has 0 amide bonds. The maximum atomic E-state index is 5.48. The van der Waals surface area contributed by atoms with E-state index in [0.29, 0.717) is 5.95 Å². The Morgan fingerprint density at radius 1 is 1.24 bits per heavy atom. The molecule has 0 aliphatic carbocycles. The molecule has 25 heavy (non-hydrogen) atoms. The highest BCUT2D eigenvalue weighted by Gasteiger charge is 2.12. The van der Waals surface area contributed by atoms with Crippen molar-refractivity contribution in [2.75, 3.05) is 51.0 Å². The van der Waals surface area contributed by atoms with Gasteiger partial charge >= 0.3 is 0 Å². The summed E-state index contributed by atoms with van der Waals surface area (Å²) in [6.07, 6.45) is 3.06. The topological polar surface area (TPSA) is 74.3 Å². The van der Waals surface area contributed by atoms with Crippen LogP contribution >= 0.6 is 0 Å². The molecule has 3 N–H and O–H groups in total. The Bertz CT molecular complexity index is 689. The monoisotopic (exact) mass is 342 g/mol. The molecule has 7 nitrogen and oxygen atoms in total. The summed E-state index contributed by atoms with van der Waals surface area (Å²) in [7, 11) is 3.54. The second-order valence-electron chi connectivity index (χ2n) is 6.04. The van der Waals surface area contributed by atoms with E-state index in [2.05, 4.69) is 36.9 Å². The van der Waals surface area contributed by atoms with Gasteiger partial charge in [-0.25, -0.2) is 4.98 Å². The molecule has 7 heteroatoms. The van der Waals surface area contributed by atoms with Gasteiger partial charge in [-0.1, -0.05) is 0 Å². The number of hydrogen-bond acceptors (Lipinski definition) is 7. The third-order valence-corrected chi connectivity index (χ3v) is 4.32. The van der Waals surface area contributed by atoms with Gasteiger partial charge in [-0.3, -0.25) is 0 Å². The van der Waals surface area contributed by atoms with Crippen molar-refractivity contribution in [2.24, 2.45) is 0 Å². The lowest BCUT2D eigenvalue weighted by atomic mass is 10.1. The number of likely N-dealkylation sites (tertiary alicyclic amines) is 1. The Labute approximate surface area is 148 Å². The third-order valence-electron chi connectivity index (χ3n) is 4.32. The van der Waals surface area contributed by atoms with E-state index < -0.39 is 0 Å². The summed E-state index contributed by atoms with van der Waals surface area (Å²) in [4.78, 5) is 11.1. The Morgan fingerprint density at radius 3 is 2.84 bits per heavy atom. The van der Waals surface area contributed by atoms with Crippen LogP contribution in [0.5, 0.6) is 5.75 Å². The third kappa shape index (κ3) is 4.80. The molecular formula is C18H26N6O. The zero-order chi connectivity index (χ0) is 17.5. The van der Waals surface area contributed by atoms with Crippen LogP contribution in [0, 0.1) is 0 Å². The van der Waals surface area contributed by atoms with Crippen LogP contribution in [-0.4, -0.2) is 55.2 Å². The minimum Gasteiger partial charge on any atom is -0.496 e. The average Bonchev–Trinajstić information content (AvgIpc) is 2.60. The minimum absolute atomic E-state index is 0.564. The number of methoxy groups -OCH3 is 1. The van der Waals surface area contributed by atoms with Gasteiger partial charge in [0, 0.05) is 44.1 Å². The molecule has 1 saturated heterocycles. The van der Waals surface area contributed by atoms with Crippen molar-refractivity contribution in [1.82, 2.24) is 20.2 Å². The number of nitrogens with one attached hydrogen (secondary N) is 3. The fraction of sp³-hybridized carbons (Fsp3) is 0.444. The van der Waals surface area contributed by atoms with Gasteiger partial charge in [-0.15, -0.1) is 0 Å². The molecule has 0 saturated carbocycles. The summed E-state index contributed by atoms with van der Waals surface area (Å²) in [5.41, 5.74) is 2.05. The van der Waals surface area contributed by atoms with Crippen LogP contribution < -0.4 is 20.7 Å². The molecule has 1 aliphatic heterocycles. The highest BCUT2D eigenvalue weighted by molar-refractivity contribution is 5.58. The largest absolute Gasteiger partial charge is 0.496 e. The van der Waals surface area contributed by atoms with E-state index in [4.69, 9.17) is 4.74 Å². The van der Waals surface area contributed by atoms with E-state index in [1.807, 2.05) is 25.2 Å². The van der Waals surface area contributed by atoms with Gasteiger partial charge in [0.2, 0.25) is 5.95 Å². The van der Waals surface area contributed by atoms with E-state index in [1.165, 1.54) is 19.5 Å². The SMILES string of the molecule is CNc1ccnc(Nc2ccc(OC)c(CNCCN3CCC3)c2)n1. The molecule has 0 spiro atoms. The van der Waals surface area contributed by atoms with E-state index in [9.17, 15) is 0 Å². The van der Waals surface area contributed by atoms with E-state index >= 15 is 0 Å². The second kappa shape index (κ2) is 8.64. The molecule has 1 aromatic heterocycles. The van der Waals surface area contributed by atoms with Gasteiger partial charge in [0.05, 0.1) is 7.11 Å². The molecule has 2 aromatic rings. The summed E-state index contributed by atoms with van der Waals surface area (Å²) in [6.45, 7) is 5.31. The maximum absolute atomic E-state index is 5.48.